The minimum absolute atomic E-state index is 0.129. The Bertz CT molecular complexity index is 1230. The fraction of sp³-hybridized carbons (Fsp3) is 0.308. The van der Waals surface area contributed by atoms with E-state index in [0.29, 0.717) is 34.5 Å². The maximum atomic E-state index is 13.7. The van der Waals surface area contributed by atoms with Gasteiger partial charge in [0.25, 0.3) is 0 Å². The highest BCUT2D eigenvalue weighted by Crippen LogP contribution is 2.30. The molecule has 3 aromatic rings. The molecule has 11 heteroatoms. The van der Waals surface area contributed by atoms with Gasteiger partial charge in [-0.2, -0.15) is 0 Å². The molecule has 3 rings (SSSR count). The number of halogens is 2. The SMILES string of the molecule is CC(C)CN(CC(C)C)c1ccc(C(=Nc2ccc(F)c(Br)c2)NO)cc1NC(=O)Nc1cncnc1. The molecule has 0 saturated carbocycles. The lowest BCUT2D eigenvalue weighted by atomic mass is 10.1. The van der Waals surface area contributed by atoms with Crippen molar-refractivity contribution >= 4 is 50.5 Å². The van der Waals surface area contributed by atoms with Crippen molar-refractivity contribution in [3.8, 4) is 0 Å². The summed E-state index contributed by atoms with van der Waals surface area (Å²) in [6.45, 7) is 10.1. The summed E-state index contributed by atoms with van der Waals surface area (Å²) in [5.74, 6) is 0.479. The molecular weight excluding hydrogens is 541 g/mol. The highest BCUT2D eigenvalue weighted by Gasteiger charge is 2.18. The van der Waals surface area contributed by atoms with E-state index in [1.807, 2.05) is 6.07 Å². The molecule has 4 N–H and O–H groups in total. The van der Waals surface area contributed by atoms with E-state index in [-0.39, 0.29) is 10.3 Å². The summed E-state index contributed by atoms with van der Waals surface area (Å²) in [4.78, 5) is 27.3. The van der Waals surface area contributed by atoms with Crippen molar-refractivity contribution in [3.05, 3.63) is 71.0 Å². The Balaban J connectivity index is 2.02. The van der Waals surface area contributed by atoms with E-state index < -0.39 is 11.8 Å². The second-order valence-corrected chi connectivity index (χ2v) is 10.2. The summed E-state index contributed by atoms with van der Waals surface area (Å²) in [6.07, 6.45) is 4.37. The van der Waals surface area contributed by atoms with Crippen LogP contribution in [0.4, 0.5) is 31.9 Å². The lowest BCUT2D eigenvalue weighted by Crippen LogP contribution is -2.33. The van der Waals surface area contributed by atoms with Crippen LogP contribution < -0.4 is 21.0 Å². The van der Waals surface area contributed by atoms with Gasteiger partial charge >= 0.3 is 6.03 Å². The van der Waals surface area contributed by atoms with Crippen LogP contribution in [0.5, 0.6) is 0 Å². The number of amidine groups is 1. The molecule has 0 aliphatic carbocycles. The first kappa shape index (κ1) is 28.0. The fourth-order valence-electron chi connectivity index (χ4n) is 3.70. The molecule has 2 aromatic carbocycles. The molecule has 0 aliphatic rings. The van der Waals surface area contributed by atoms with Gasteiger partial charge in [-0.1, -0.05) is 27.7 Å². The van der Waals surface area contributed by atoms with E-state index in [1.54, 1.807) is 12.1 Å². The molecule has 0 saturated heterocycles. The highest BCUT2D eigenvalue weighted by atomic mass is 79.9. The lowest BCUT2D eigenvalue weighted by molar-refractivity contribution is 0.235. The smallest absolute Gasteiger partial charge is 0.323 e. The van der Waals surface area contributed by atoms with Gasteiger partial charge in [0, 0.05) is 18.7 Å². The Morgan fingerprint density at radius 3 is 2.32 bits per heavy atom. The van der Waals surface area contributed by atoms with E-state index >= 15 is 0 Å². The van der Waals surface area contributed by atoms with Crippen LogP contribution in [-0.2, 0) is 0 Å². The predicted molar refractivity (Wildman–Crippen MR) is 148 cm³/mol. The first-order valence-electron chi connectivity index (χ1n) is 11.8. The summed E-state index contributed by atoms with van der Waals surface area (Å²) in [6, 6.07) is 9.22. The summed E-state index contributed by atoms with van der Waals surface area (Å²) in [5.41, 5.74) is 4.85. The summed E-state index contributed by atoms with van der Waals surface area (Å²) in [5, 5.41) is 15.5. The van der Waals surface area contributed by atoms with E-state index in [1.165, 1.54) is 36.9 Å². The largest absolute Gasteiger partial charge is 0.369 e. The zero-order valence-corrected chi connectivity index (χ0v) is 22.8. The predicted octanol–water partition coefficient (Wildman–Crippen LogP) is 6.20. The minimum Gasteiger partial charge on any atom is -0.369 e. The van der Waals surface area contributed by atoms with Crippen molar-refractivity contribution in [2.45, 2.75) is 27.7 Å². The first-order valence-corrected chi connectivity index (χ1v) is 12.6. The lowest BCUT2D eigenvalue weighted by Gasteiger charge is -2.30. The van der Waals surface area contributed by atoms with Crippen LogP contribution in [0.1, 0.15) is 33.3 Å². The van der Waals surface area contributed by atoms with Crippen molar-refractivity contribution in [1.29, 1.82) is 0 Å². The number of carbonyl (C=O) groups is 1. The number of hydroxylamine groups is 1. The maximum absolute atomic E-state index is 13.7. The van der Waals surface area contributed by atoms with Gasteiger partial charge in [-0.15, -0.1) is 0 Å². The monoisotopic (exact) mass is 571 g/mol. The number of urea groups is 1. The molecule has 2 amide bonds. The molecular formula is C26H31BrFN7O2. The normalized spacial score (nSPS) is 11.5. The Hall–Kier alpha value is -3.57. The zero-order valence-electron chi connectivity index (χ0n) is 21.2. The van der Waals surface area contributed by atoms with Gasteiger partial charge in [0.05, 0.1) is 39.6 Å². The van der Waals surface area contributed by atoms with Crippen molar-refractivity contribution in [1.82, 2.24) is 15.4 Å². The van der Waals surface area contributed by atoms with Crippen LogP contribution in [0, 0.1) is 17.7 Å². The molecule has 0 unspecified atom stereocenters. The molecule has 0 atom stereocenters. The number of nitrogens with one attached hydrogen (secondary N) is 3. The van der Waals surface area contributed by atoms with E-state index in [4.69, 9.17) is 0 Å². The Labute approximate surface area is 224 Å². The third-order valence-corrected chi connectivity index (χ3v) is 5.71. The number of nitrogens with zero attached hydrogens (tertiary/aromatic N) is 4. The second kappa shape index (κ2) is 13.1. The molecule has 37 heavy (non-hydrogen) atoms. The fourth-order valence-corrected chi connectivity index (χ4v) is 4.06. The van der Waals surface area contributed by atoms with Gasteiger partial charge in [0.15, 0.2) is 5.84 Å². The van der Waals surface area contributed by atoms with Crippen molar-refractivity contribution in [3.63, 3.8) is 0 Å². The summed E-state index contributed by atoms with van der Waals surface area (Å²) < 4.78 is 13.9. The van der Waals surface area contributed by atoms with Gasteiger partial charge in [-0.05, 0) is 64.2 Å². The Morgan fingerprint density at radius 1 is 1.05 bits per heavy atom. The van der Waals surface area contributed by atoms with Gasteiger partial charge in [0.2, 0.25) is 0 Å². The number of amides is 2. The number of hydrogen-bond donors (Lipinski definition) is 4. The van der Waals surface area contributed by atoms with E-state index in [9.17, 15) is 14.4 Å². The van der Waals surface area contributed by atoms with E-state index in [2.05, 4.69) is 79.6 Å². The molecule has 196 valence electrons. The van der Waals surface area contributed by atoms with Crippen LogP contribution in [0.15, 0.2) is 64.6 Å². The second-order valence-electron chi connectivity index (χ2n) is 9.30. The van der Waals surface area contributed by atoms with Crippen LogP contribution >= 0.6 is 15.9 Å². The quantitative estimate of drug-likeness (QED) is 0.138. The van der Waals surface area contributed by atoms with Crippen LogP contribution in [0.25, 0.3) is 0 Å². The zero-order chi connectivity index (χ0) is 26.9. The molecule has 0 aliphatic heterocycles. The number of aromatic nitrogens is 2. The van der Waals surface area contributed by atoms with Crippen molar-refractivity contribution in [2.24, 2.45) is 16.8 Å². The number of anilines is 3. The van der Waals surface area contributed by atoms with Crippen LogP contribution in [0.3, 0.4) is 0 Å². The van der Waals surface area contributed by atoms with Gasteiger partial charge in [-0.25, -0.2) is 24.1 Å². The number of rotatable bonds is 9. The van der Waals surface area contributed by atoms with E-state index in [0.717, 1.165) is 18.8 Å². The van der Waals surface area contributed by atoms with Gasteiger partial charge < -0.3 is 15.5 Å². The number of hydrogen-bond acceptors (Lipinski definition) is 6. The maximum Gasteiger partial charge on any atom is 0.323 e. The van der Waals surface area contributed by atoms with Crippen molar-refractivity contribution in [2.75, 3.05) is 28.6 Å². The van der Waals surface area contributed by atoms with Crippen LogP contribution in [0.2, 0.25) is 0 Å². The summed E-state index contributed by atoms with van der Waals surface area (Å²) >= 11 is 3.15. The third kappa shape index (κ3) is 8.22. The Morgan fingerprint density at radius 2 is 1.73 bits per heavy atom. The Kier molecular flexibility index (Phi) is 9.93. The summed E-state index contributed by atoms with van der Waals surface area (Å²) in [7, 11) is 0. The van der Waals surface area contributed by atoms with Crippen molar-refractivity contribution < 1.29 is 14.4 Å². The average Bonchev–Trinajstić information content (AvgIpc) is 2.84. The highest BCUT2D eigenvalue weighted by molar-refractivity contribution is 9.10. The number of aliphatic imine (C=N–C) groups is 1. The number of benzene rings is 2. The van der Waals surface area contributed by atoms with Gasteiger partial charge in [0.1, 0.15) is 12.1 Å². The van der Waals surface area contributed by atoms with Crippen LogP contribution in [-0.4, -0.2) is 40.1 Å². The van der Waals surface area contributed by atoms with Gasteiger partial charge in [-0.3, -0.25) is 10.7 Å². The molecule has 0 spiro atoms. The molecule has 1 heterocycles. The molecule has 9 nitrogen and oxygen atoms in total. The molecule has 0 radical (unpaired) electrons. The minimum atomic E-state index is -0.472. The molecule has 0 fully saturated rings. The molecule has 1 aromatic heterocycles. The average molecular weight is 572 g/mol. The standard InChI is InChI=1S/C26H31BrFN7O2/c1-16(2)13-35(14-17(3)4)24-8-5-18(25(34-37)31-19-6-7-22(28)21(27)10-19)9-23(24)33-26(36)32-20-11-29-15-30-12-20/h5-12,15-17,37H,13-14H2,1-4H3,(H,31,34)(H2,32,33,36). The number of carbonyl (C=O) groups excluding carboxylic acids is 1. The third-order valence-electron chi connectivity index (χ3n) is 5.10. The molecule has 0 bridgehead atoms. The first-order chi connectivity index (χ1) is 17.7. The topological polar surface area (TPSA) is 115 Å².